The Balaban J connectivity index is 1.93. The molecule has 3 rings (SSSR count). The molecule has 21 heavy (non-hydrogen) atoms. The number of nitrogens with one attached hydrogen (secondary N) is 1. The van der Waals surface area contributed by atoms with Gasteiger partial charge in [-0.3, -0.25) is 19.9 Å². The van der Waals surface area contributed by atoms with Crippen molar-refractivity contribution in [3.8, 4) is 0 Å². The van der Waals surface area contributed by atoms with E-state index < -0.39 is 0 Å². The van der Waals surface area contributed by atoms with Gasteiger partial charge in [-0.25, -0.2) is 4.39 Å². The van der Waals surface area contributed by atoms with E-state index in [1.165, 1.54) is 12.1 Å². The number of hydrogen-bond acceptors (Lipinski definition) is 2. The molecule has 0 fully saturated rings. The number of carbonyl (C=O) groups is 1. The molecular formula is C16H14FN3O. The van der Waals surface area contributed by atoms with E-state index in [-0.39, 0.29) is 5.82 Å². The zero-order valence-corrected chi connectivity index (χ0v) is 11.3. The average Bonchev–Trinajstić information content (AvgIpc) is 2.84. The molecule has 0 aliphatic carbocycles. The van der Waals surface area contributed by atoms with Crippen LogP contribution >= 0.6 is 0 Å². The van der Waals surface area contributed by atoms with Crippen molar-refractivity contribution < 1.29 is 9.18 Å². The number of nitrogens with zero attached hydrogens (tertiary/aromatic N) is 2. The number of hydrogen-bond donors (Lipinski definition) is 1. The first kappa shape index (κ1) is 13.3. The predicted octanol–water partition coefficient (Wildman–Crippen LogP) is 2.66. The van der Waals surface area contributed by atoms with E-state index in [0.29, 0.717) is 6.41 Å². The second kappa shape index (κ2) is 5.75. The summed E-state index contributed by atoms with van der Waals surface area (Å²) < 4.78 is 15.1. The topological polar surface area (TPSA) is 46.9 Å². The fraction of sp³-hybridized carbons (Fsp3) is 0.125. The van der Waals surface area contributed by atoms with E-state index in [9.17, 15) is 9.18 Å². The van der Waals surface area contributed by atoms with Gasteiger partial charge in [0.2, 0.25) is 6.41 Å². The van der Waals surface area contributed by atoms with Crippen molar-refractivity contribution in [2.75, 3.05) is 5.43 Å². The molecule has 0 atom stereocenters. The van der Waals surface area contributed by atoms with E-state index in [2.05, 4.69) is 10.4 Å². The monoisotopic (exact) mass is 283 g/mol. The van der Waals surface area contributed by atoms with Crippen LogP contribution in [0.1, 0.15) is 11.1 Å². The summed E-state index contributed by atoms with van der Waals surface area (Å²) in [6.45, 7) is 0. The minimum atomic E-state index is -0.283. The van der Waals surface area contributed by atoms with E-state index >= 15 is 0 Å². The maximum Gasteiger partial charge on any atom is 0.226 e. The van der Waals surface area contributed by atoms with Crippen LogP contribution in [0.4, 0.5) is 4.39 Å². The maximum absolute atomic E-state index is 13.5. The molecule has 1 N–H and O–H groups in total. The molecule has 1 aromatic carbocycles. The van der Waals surface area contributed by atoms with Gasteiger partial charge in [0.1, 0.15) is 5.82 Å². The number of fused-ring (bicyclic) bond motifs is 1. The van der Waals surface area contributed by atoms with Crippen LogP contribution in [0, 0.1) is 5.82 Å². The lowest BCUT2D eigenvalue weighted by Gasteiger charge is -2.00. The third kappa shape index (κ3) is 2.76. The van der Waals surface area contributed by atoms with Gasteiger partial charge in [-0.2, -0.15) is 0 Å². The molecule has 0 saturated heterocycles. The van der Waals surface area contributed by atoms with Gasteiger partial charge in [0.05, 0.1) is 5.52 Å². The Morgan fingerprint density at radius 2 is 2.19 bits per heavy atom. The normalized spacial score (nSPS) is 10.7. The van der Waals surface area contributed by atoms with Gasteiger partial charge < -0.3 is 0 Å². The van der Waals surface area contributed by atoms with Crippen LogP contribution in [-0.2, 0) is 17.6 Å². The summed E-state index contributed by atoms with van der Waals surface area (Å²) >= 11 is 0. The zero-order chi connectivity index (χ0) is 14.7. The number of aromatic nitrogens is 2. The maximum atomic E-state index is 13.5. The number of benzene rings is 1. The molecule has 1 amide bonds. The first-order chi connectivity index (χ1) is 10.3. The Morgan fingerprint density at radius 1 is 1.29 bits per heavy atom. The summed E-state index contributed by atoms with van der Waals surface area (Å²) in [5.74, 6) is -0.283. The number of pyridine rings is 1. The highest BCUT2D eigenvalue weighted by molar-refractivity contribution is 5.85. The van der Waals surface area contributed by atoms with Crippen LogP contribution < -0.4 is 5.43 Å². The van der Waals surface area contributed by atoms with E-state index in [1.54, 1.807) is 16.9 Å². The fourth-order valence-corrected chi connectivity index (χ4v) is 2.46. The Bertz CT molecular complexity index is 768. The molecular weight excluding hydrogens is 269 g/mol. The number of rotatable bonds is 5. The lowest BCUT2D eigenvalue weighted by molar-refractivity contribution is -0.106. The highest BCUT2D eigenvalue weighted by Crippen LogP contribution is 2.23. The Kier molecular flexibility index (Phi) is 3.64. The first-order valence-corrected chi connectivity index (χ1v) is 6.66. The van der Waals surface area contributed by atoms with Crippen molar-refractivity contribution in [1.29, 1.82) is 0 Å². The molecule has 2 aromatic heterocycles. The minimum Gasteiger partial charge on any atom is -0.277 e. The van der Waals surface area contributed by atoms with Crippen LogP contribution in [0.25, 0.3) is 10.9 Å². The Hall–Kier alpha value is -2.69. The van der Waals surface area contributed by atoms with Crippen molar-refractivity contribution in [3.05, 3.63) is 65.9 Å². The average molecular weight is 283 g/mol. The Labute approximate surface area is 121 Å². The number of carbonyl (C=O) groups excluding carboxylic acids is 1. The summed E-state index contributed by atoms with van der Waals surface area (Å²) in [5, 5.41) is 0.813. The molecule has 5 heteroatoms. The smallest absolute Gasteiger partial charge is 0.226 e. The highest BCUT2D eigenvalue weighted by atomic mass is 19.1. The second-order valence-corrected chi connectivity index (χ2v) is 4.79. The van der Waals surface area contributed by atoms with Gasteiger partial charge in [0, 0.05) is 24.0 Å². The summed E-state index contributed by atoms with van der Waals surface area (Å²) in [6, 6.07) is 8.45. The summed E-state index contributed by atoms with van der Waals surface area (Å²) in [7, 11) is 0. The van der Waals surface area contributed by atoms with Gasteiger partial charge in [0.15, 0.2) is 0 Å². The minimum absolute atomic E-state index is 0.283. The van der Waals surface area contributed by atoms with Crippen molar-refractivity contribution >= 4 is 17.3 Å². The predicted molar refractivity (Wildman–Crippen MR) is 79.0 cm³/mol. The van der Waals surface area contributed by atoms with Crippen molar-refractivity contribution in [2.45, 2.75) is 12.8 Å². The molecule has 0 aliphatic heterocycles. The molecule has 106 valence electrons. The van der Waals surface area contributed by atoms with Crippen molar-refractivity contribution in [1.82, 2.24) is 9.66 Å². The summed E-state index contributed by atoms with van der Waals surface area (Å²) in [6.07, 6.45) is 7.55. The molecule has 3 aromatic rings. The molecule has 4 nitrogen and oxygen atoms in total. The second-order valence-electron chi connectivity index (χ2n) is 4.79. The summed E-state index contributed by atoms with van der Waals surface area (Å²) in [5.41, 5.74) is 5.48. The molecule has 2 heterocycles. The first-order valence-electron chi connectivity index (χ1n) is 6.66. The molecule has 0 aliphatic rings. The zero-order valence-electron chi connectivity index (χ0n) is 11.3. The molecule has 0 bridgehead atoms. The van der Waals surface area contributed by atoms with Gasteiger partial charge in [-0.15, -0.1) is 0 Å². The van der Waals surface area contributed by atoms with Crippen LogP contribution in [0.5, 0.6) is 0 Å². The lowest BCUT2D eigenvalue weighted by Crippen LogP contribution is -2.10. The largest absolute Gasteiger partial charge is 0.277 e. The molecule has 0 radical (unpaired) electrons. The Morgan fingerprint density at radius 3 is 2.95 bits per heavy atom. The molecule has 0 spiro atoms. The SMILES string of the molecule is O=CNn1cc(CCc2cccnc2)c2cc(F)ccc21. The van der Waals surface area contributed by atoms with Gasteiger partial charge in [0.25, 0.3) is 0 Å². The van der Waals surface area contributed by atoms with E-state index in [1.807, 2.05) is 24.5 Å². The van der Waals surface area contributed by atoms with Gasteiger partial charge in [-0.1, -0.05) is 6.07 Å². The van der Waals surface area contributed by atoms with Gasteiger partial charge >= 0.3 is 0 Å². The quantitative estimate of drug-likeness (QED) is 0.732. The standard InChI is InChI=1S/C16H14FN3O/c17-14-5-6-16-15(8-14)13(10-20(16)19-11-21)4-3-12-2-1-7-18-9-12/h1-2,5-11H,3-4H2,(H,19,21). The highest BCUT2D eigenvalue weighted by Gasteiger charge is 2.09. The van der Waals surface area contributed by atoms with Crippen LogP contribution in [0.2, 0.25) is 0 Å². The van der Waals surface area contributed by atoms with Gasteiger partial charge in [-0.05, 0) is 48.2 Å². The number of halogens is 1. The van der Waals surface area contributed by atoms with Crippen LogP contribution in [0.3, 0.4) is 0 Å². The third-order valence-electron chi connectivity index (χ3n) is 3.45. The fourth-order valence-electron chi connectivity index (χ4n) is 2.46. The number of amides is 1. The molecule has 0 saturated carbocycles. The third-order valence-corrected chi connectivity index (χ3v) is 3.45. The van der Waals surface area contributed by atoms with Crippen LogP contribution in [0.15, 0.2) is 48.9 Å². The lowest BCUT2D eigenvalue weighted by atomic mass is 10.1. The van der Waals surface area contributed by atoms with Crippen molar-refractivity contribution in [3.63, 3.8) is 0 Å². The van der Waals surface area contributed by atoms with E-state index in [0.717, 1.165) is 34.9 Å². The van der Waals surface area contributed by atoms with E-state index in [4.69, 9.17) is 0 Å². The van der Waals surface area contributed by atoms with Crippen molar-refractivity contribution in [2.24, 2.45) is 0 Å². The molecule has 0 unspecified atom stereocenters. The number of aryl methyl sites for hydroxylation is 2. The van der Waals surface area contributed by atoms with Crippen LogP contribution in [-0.4, -0.2) is 16.1 Å². The summed E-state index contributed by atoms with van der Waals surface area (Å²) in [4.78, 5) is 14.7.